The minimum Gasteiger partial charge on any atom is -0.445 e. The lowest BCUT2D eigenvalue weighted by molar-refractivity contribution is 0.146. The Morgan fingerprint density at radius 1 is 1.30 bits per heavy atom. The summed E-state index contributed by atoms with van der Waals surface area (Å²) in [5.41, 5.74) is 1.77. The fourth-order valence-electron chi connectivity index (χ4n) is 3.09. The molecular weight excluding hydrogens is 370 g/mol. The largest absolute Gasteiger partial charge is 0.445 e. The summed E-state index contributed by atoms with van der Waals surface area (Å²) in [5, 5.41) is 2.66. The van der Waals surface area contributed by atoms with Gasteiger partial charge in [0, 0.05) is 18.8 Å². The Morgan fingerprint density at radius 3 is 2.59 bits per heavy atom. The van der Waals surface area contributed by atoms with Gasteiger partial charge in [-0.1, -0.05) is 12.1 Å². The normalized spacial score (nSPS) is 16.2. The zero-order chi connectivity index (χ0) is 19.3. The molecule has 0 aliphatic carbocycles. The van der Waals surface area contributed by atoms with E-state index in [4.69, 9.17) is 9.15 Å². The first-order valence-electron chi connectivity index (χ1n) is 8.87. The lowest BCUT2D eigenvalue weighted by atomic mass is 9.90. The van der Waals surface area contributed by atoms with Gasteiger partial charge in [0.05, 0.1) is 11.9 Å². The maximum Gasteiger partial charge on any atom is 0.412 e. The molecular formula is C18H23N3O5S. The molecule has 0 bridgehead atoms. The number of hydrogen-bond donors (Lipinski definition) is 1. The third kappa shape index (κ3) is 5.08. The van der Waals surface area contributed by atoms with Crippen LogP contribution in [-0.2, 0) is 21.4 Å². The number of sulfonamides is 1. The Labute approximate surface area is 158 Å². The van der Waals surface area contributed by atoms with Crippen molar-refractivity contribution < 1.29 is 22.4 Å². The summed E-state index contributed by atoms with van der Waals surface area (Å²) in [6.07, 6.45) is 3.78. The number of amides is 1. The summed E-state index contributed by atoms with van der Waals surface area (Å²) >= 11 is 0. The fraction of sp³-hybridized carbons (Fsp3) is 0.444. The molecule has 1 saturated heterocycles. The average molecular weight is 393 g/mol. The quantitative estimate of drug-likeness (QED) is 0.810. The molecule has 146 valence electrons. The van der Waals surface area contributed by atoms with Crippen molar-refractivity contribution in [1.29, 1.82) is 0 Å². The molecule has 1 fully saturated rings. The molecule has 1 N–H and O–H groups in total. The Balaban J connectivity index is 1.49. The van der Waals surface area contributed by atoms with Gasteiger partial charge in [-0.15, -0.1) is 0 Å². The van der Waals surface area contributed by atoms with Crippen molar-refractivity contribution in [2.75, 3.05) is 24.2 Å². The number of carbonyl (C=O) groups is 1. The Hall–Kier alpha value is -2.39. The zero-order valence-electron chi connectivity index (χ0n) is 15.1. The molecule has 0 radical (unpaired) electrons. The molecule has 1 amide bonds. The minimum absolute atomic E-state index is 0.0170. The van der Waals surface area contributed by atoms with Crippen molar-refractivity contribution in [2.45, 2.75) is 32.3 Å². The fourth-order valence-corrected chi connectivity index (χ4v) is 4.22. The van der Waals surface area contributed by atoms with Crippen LogP contribution in [0.25, 0.3) is 0 Å². The third-order valence-electron chi connectivity index (χ3n) is 4.67. The predicted molar refractivity (Wildman–Crippen MR) is 99.8 cm³/mol. The number of hydrogen-bond acceptors (Lipinski definition) is 6. The van der Waals surface area contributed by atoms with Gasteiger partial charge in [0.2, 0.25) is 10.0 Å². The number of oxazole rings is 1. The van der Waals surface area contributed by atoms with Crippen LogP contribution in [0.5, 0.6) is 0 Å². The molecule has 0 unspecified atom stereocenters. The van der Waals surface area contributed by atoms with E-state index >= 15 is 0 Å². The highest BCUT2D eigenvalue weighted by Crippen LogP contribution is 2.30. The number of benzene rings is 1. The highest BCUT2D eigenvalue weighted by molar-refractivity contribution is 7.89. The Kier molecular flexibility index (Phi) is 6.12. The maximum atomic E-state index is 11.9. The van der Waals surface area contributed by atoms with Gasteiger partial charge in [0.25, 0.3) is 0 Å². The van der Waals surface area contributed by atoms with E-state index in [0.717, 1.165) is 18.4 Å². The zero-order valence-corrected chi connectivity index (χ0v) is 15.9. The first-order chi connectivity index (χ1) is 13.0. The molecule has 27 heavy (non-hydrogen) atoms. The minimum atomic E-state index is -3.11. The van der Waals surface area contributed by atoms with Crippen LogP contribution < -0.4 is 5.32 Å². The number of nitrogens with zero attached hydrogens (tertiary/aromatic N) is 2. The van der Waals surface area contributed by atoms with Crippen LogP contribution >= 0.6 is 0 Å². The summed E-state index contributed by atoms with van der Waals surface area (Å²) < 4.78 is 35.5. The van der Waals surface area contributed by atoms with Crippen molar-refractivity contribution in [3.8, 4) is 0 Å². The Bertz CT molecular complexity index is 842. The van der Waals surface area contributed by atoms with Crippen LogP contribution in [-0.4, -0.2) is 42.6 Å². The van der Waals surface area contributed by atoms with Crippen molar-refractivity contribution in [3.05, 3.63) is 48.2 Å². The van der Waals surface area contributed by atoms with Crippen molar-refractivity contribution >= 4 is 21.8 Å². The van der Waals surface area contributed by atoms with Gasteiger partial charge in [-0.25, -0.2) is 22.5 Å². The number of piperidine rings is 1. The van der Waals surface area contributed by atoms with E-state index in [9.17, 15) is 13.2 Å². The first-order valence-corrected chi connectivity index (χ1v) is 10.5. The van der Waals surface area contributed by atoms with Crippen molar-refractivity contribution in [3.63, 3.8) is 0 Å². The van der Waals surface area contributed by atoms with E-state index in [1.165, 1.54) is 12.6 Å². The van der Waals surface area contributed by atoms with Crippen LogP contribution in [0.2, 0.25) is 0 Å². The van der Waals surface area contributed by atoms with Gasteiger partial charge in [-0.3, -0.25) is 5.32 Å². The van der Waals surface area contributed by atoms with Crippen molar-refractivity contribution in [2.24, 2.45) is 0 Å². The summed E-state index contributed by atoms with van der Waals surface area (Å²) in [6.45, 7) is 2.79. The summed E-state index contributed by atoms with van der Waals surface area (Å²) in [6, 6.07) is 7.56. The van der Waals surface area contributed by atoms with E-state index in [1.54, 1.807) is 11.2 Å². The third-order valence-corrected chi connectivity index (χ3v) is 6.55. The van der Waals surface area contributed by atoms with Crippen LogP contribution in [0.1, 0.15) is 37.0 Å². The van der Waals surface area contributed by atoms with Gasteiger partial charge < -0.3 is 9.15 Å². The molecule has 9 heteroatoms. The van der Waals surface area contributed by atoms with E-state index in [0.29, 0.717) is 30.5 Å². The topological polar surface area (TPSA) is 102 Å². The molecule has 1 aliphatic heterocycles. The number of rotatable bonds is 6. The molecule has 8 nitrogen and oxygen atoms in total. The molecule has 0 spiro atoms. The molecule has 1 aliphatic rings. The molecule has 2 aromatic rings. The summed E-state index contributed by atoms with van der Waals surface area (Å²) in [5.74, 6) is 0.933. The van der Waals surface area contributed by atoms with Crippen LogP contribution in [0.4, 0.5) is 10.5 Å². The molecule has 1 aromatic carbocycles. The average Bonchev–Trinajstić information content (AvgIpc) is 3.21. The van der Waals surface area contributed by atoms with E-state index in [1.807, 2.05) is 24.3 Å². The smallest absolute Gasteiger partial charge is 0.412 e. The lowest BCUT2D eigenvalue weighted by Gasteiger charge is -2.31. The number of anilines is 1. The van der Waals surface area contributed by atoms with Gasteiger partial charge in [0.15, 0.2) is 18.8 Å². The van der Waals surface area contributed by atoms with Gasteiger partial charge in [0.1, 0.15) is 0 Å². The molecule has 0 saturated carbocycles. The molecule has 0 atom stereocenters. The second-order valence-electron chi connectivity index (χ2n) is 6.36. The van der Waals surface area contributed by atoms with Gasteiger partial charge in [-0.2, -0.15) is 0 Å². The standard InChI is InChI=1S/C18H23N3O5S/c1-2-27(23,24)21-9-7-15(8-10-21)14-3-5-16(6-4-14)20-18(22)25-12-17-11-19-13-26-17/h3-6,11,13,15H,2,7-10,12H2,1H3,(H,20,22). The maximum absolute atomic E-state index is 11.9. The van der Waals surface area contributed by atoms with E-state index < -0.39 is 16.1 Å². The number of nitrogens with one attached hydrogen (secondary N) is 1. The lowest BCUT2D eigenvalue weighted by Crippen LogP contribution is -2.38. The second kappa shape index (κ2) is 8.53. The SMILES string of the molecule is CCS(=O)(=O)N1CCC(c2ccc(NC(=O)OCc3cnco3)cc2)CC1. The number of ether oxygens (including phenoxy) is 1. The predicted octanol–water partition coefficient (Wildman–Crippen LogP) is 2.95. The second-order valence-corrected chi connectivity index (χ2v) is 8.62. The molecule has 2 heterocycles. The summed E-state index contributed by atoms with van der Waals surface area (Å²) in [7, 11) is -3.11. The molecule has 3 rings (SSSR count). The highest BCUT2D eigenvalue weighted by Gasteiger charge is 2.27. The van der Waals surface area contributed by atoms with Crippen molar-refractivity contribution in [1.82, 2.24) is 9.29 Å². The van der Waals surface area contributed by atoms with E-state index in [-0.39, 0.29) is 12.4 Å². The summed E-state index contributed by atoms with van der Waals surface area (Å²) in [4.78, 5) is 15.5. The Morgan fingerprint density at radius 2 is 2.00 bits per heavy atom. The van der Waals surface area contributed by atoms with Crippen LogP contribution in [0.15, 0.2) is 41.3 Å². The monoisotopic (exact) mass is 393 g/mol. The molecule has 1 aromatic heterocycles. The number of carbonyl (C=O) groups excluding carboxylic acids is 1. The first kappa shape index (κ1) is 19.4. The number of aromatic nitrogens is 1. The van der Waals surface area contributed by atoms with Gasteiger partial charge in [-0.05, 0) is 43.4 Å². The van der Waals surface area contributed by atoms with E-state index in [2.05, 4.69) is 10.3 Å². The van der Waals surface area contributed by atoms with Gasteiger partial charge >= 0.3 is 6.09 Å². The van der Waals surface area contributed by atoms with Crippen LogP contribution in [0, 0.1) is 0 Å². The highest BCUT2D eigenvalue weighted by atomic mass is 32.2. The van der Waals surface area contributed by atoms with Crippen LogP contribution in [0.3, 0.4) is 0 Å².